The smallest absolute Gasteiger partial charge is 0.337 e. The summed E-state index contributed by atoms with van der Waals surface area (Å²) in [5.41, 5.74) is 0.755. The number of aromatic nitrogens is 1. The van der Waals surface area contributed by atoms with Crippen LogP contribution >= 0.6 is 11.6 Å². The van der Waals surface area contributed by atoms with E-state index in [1.165, 1.54) is 24.4 Å². The van der Waals surface area contributed by atoms with Gasteiger partial charge in [-0.05, 0) is 30.7 Å². The largest absolute Gasteiger partial charge is 0.478 e. The summed E-state index contributed by atoms with van der Waals surface area (Å²) in [6.07, 6.45) is 2.34. The summed E-state index contributed by atoms with van der Waals surface area (Å²) in [6.45, 7) is 1.79. The van der Waals surface area contributed by atoms with Gasteiger partial charge in [0.15, 0.2) is 0 Å². The summed E-state index contributed by atoms with van der Waals surface area (Å²) < 4.78 is 26.7. The first-order valence-corrected chi connectivity index (χ1v) is 7.63. The molecule has 110 valence electrons. The minimum absolute atomic E-state index is 0.0477. The van der Waals surface area contributed by atoms with Crippen molar-refractivity contribution < 1.29 is 18.3 Å². The molecule has 2 N–H and O–H groups in total. The van der Waals surface area contributed by atoms with E-state index in [1.807, 2.05) is 0 Å². The van der Waals surface area contributed by atoms with Gasteiger partial charge in [-0.25, -0.2) is 13.2 Å². The first-order valence-electron chi connectivity index (χ1n) is 5.77. The molecule has 1 aromatic carbocycles. The maximum Gasteiger partial charge on any atom is 0.337 e. The van der Waals surface area contributed by atoms with Crippen LogP contribution in [0.25, 0.3) is 0 Å². The van der Waals surface area contributed by atoms with E-state index in [1.54, 1.807) is 13.0 Å². The van der Waals surface area contributed by atoms with Crippen molar-refractivity contribution >= 4 is 33.3 Å². The molecule has 2 rings (SSSR count). The molecule has 0 saturated carbocycles. The molecule has 0 aliphatic heterocycles. The molecular formula is C13H11ClN2O4S. The third-order valence-corrected chi connectivity index (χ3v) is 4.48. The molecule has 0 atom stereocenters. The summed E-state index contributed by atoms with van der Waals surface area (Å²) in [7, 11) is -3.92. The van der Waals surface area contributed by atoms with Gasteiger partial charge in [0, 0.05) is 6.20 Å². The third kappa shape index (κ3) is 3.50. The number of halogens is 1. The minimum Gasteiger partial charge on any atom is -0.478 e. The van der Waals surface area contributed by atoms with Gasteiger partial charge < -0.3 is 5.11 Å². The molecule has 21 heavy (non-hydrogen) atoms. The van der Waals surface area contributed by atoms with Crippen LogP contribution in [-0.4, -0.2) is 24.5 Å². The number of nitrogens with zero attached hydrogens (tertiary/aromatic N) is 1. The van der Waals surface area contributed by atoms with Crippen molar-refractivity contribution in [2.24, 2.45) is 0 Å². The fourth-order valence-corrected chi connectivity index (χ4v) is 3.28. The fourth-order valence-electron chi connectivity index (χ4n) is 1.65. The van der Waals surface area contributed by atoms with Crippen molar-refractivity contribution in [3.05, 3.63) is 52.8 Å². The van der Waals surface area contributed by atoms with E-state index < -0.39 is 16.0 Å². The topological polar surface area (TPSA) is 96.4 Å². The average molecular weight is 327 g/mol. The normalized spacial score (nSPS) is 11.1. The number of carbonyl (C=O) groups is 1. The number of anilines is 1. The number of sulfonamides is 1. The fraction of sp³-hybridized carbons (Fsp3) is 0.0769. The predicted molar refractivity (Wildman–Crippen MR) is 78.2 cm³/mol. The summed E-state index contributed by atoms with van der Waals surface area (Å²) in [6, 6.07) is 5.71. The Kier molecular flexibility index (Phi) is 4.15. The van der Waals surface area contributed by atoms with Crippen LogP contribution in [0.2, 0.25) is 5.02 Å². The van der Waals surface area contributed by atoms with E-state index in [4.69, 9.17) is 16.7 Å². The van der Waals surface area contributed by atoms with E-state index in [0.29, 0.717) is 0 Å². The number of hydrogen-bond acceptors (Lipinski definition) is 4. The number of carboxylic acids is 1. The lowest BCUT2D eigenvalue weighted by molar-refractivity contribution is 0.0696. The van der Waals surface area contributed by atoms with Gasteiger partial charge >= 0.3 is 5.97 Å². The molecule has 0 radical (unpaired) electrons. The van der Waals surface area contributed by atoms with Gasteiger partial charge in [-0.3, -0.25) is 9.71 Å². The molecule has 0 saturated heterocycles. The number of carboxylic acid groups (broad SMARTS) is 1. The first kappa shape index (κ1) is 15.3. The number of rotatable bonds is 4. The molecule has 8 heteroatoms. The number of nitrogens with one attached hydrogen (secondary N) is 1. The molecule has 1 heterocycles. The lowest BCUT2D eigenvalue weighted by Gasteiger charge is -2.10. The van der Waals surface area contributed by atoms with Gasteiger partial charge in [-0.2, -0.15) is 0 Å². The Bertz CT molecular complexity index is 806. The van der Waals surface area contributed by atoms with Crippen LogP contribution in [0.1, 0.15) is 15.9 Å². The van der Waals surface area contributed by atoms with E-state index in [9.17, 15) is 13.2 Å². The van der Waals surface area contributed by atoms with Crippen LogP contribution in [0.3, 0.4) is 0 Å². The number of aromatic carboxylic acids is 1. The van der Waals surface area contributed by atoms with Crippen molar-refractivity contribution in [2.45, 2.75) is 11.8 Å². The zero-order chi connectivity index (χ0) is 15.6. The maximum absolute atomic E-state index is 12.2. The molecule has 6 nitrogen and oxygen atoms in total. The molecule has 0 unspecified atom stereocenters. The number of aryl methyl sites for hydroxylation is 1. The highest BCUT2D eigenvalue weighted by atomic mass is 35.5. The Morgan fingerprint density at radius 2 is 2.00 bits per heavy atom. The van der Waals surface area contributed by atoms with Crippen LogP contribution < -0.4 is 4.72 Å². The lowest BCUT2D eigenvalue weighted by atomic mass is 10.2. The average Bonchev–Trinajstić information content (AvgIpc) is 2.37. The maximum atomic E-state index is 12.2. The molecule has 0 aliphatic rings. The van der Waals surface area contributed by atoms with E-state index in [2.05, 4.69) is 9.71 Å². The predicted octanol–water partition coefficient (Wildman–Crippen LogP) is 2.54. The molecule has 0 spiro atoms. The minimum atomic E-state index is -3.92. The first-order chi connectivity index (χ1) is 9.79. The SMILES string of the molecule is Cc1ccc(S(=O)(=O)Nc2cncc(C(=O)O)c2)c(Cl)c1. The third-order valence-electron chi connectivity index (χ3n) is 2.61. The second kappa shape index (κ2) is 5.71. The highest BCUT2D eigenvalue weighted by Gasteiger charge is 2.18. The summed E-state index contributed by atoms with van der Waals surface area (Å²) >= 11 is 5.93. The molecule has 0 fully saturated rings. The van der Waals surface area contributed by atoms with Gasteiger partial charge in [-0.1, -0.05) is 17.7 Å². The van der Waals surface area contributed by atoms with Gasteiger partial charge in [0.1, 0.15) is 4.90 Å². The summed E-state index contributed by atoms with van der Waals surface area (Å²) in [5.74, 6) is -1.20. The van der Waals surface area contributed by atoms with Crippen LogP contribution in [0, 0.1) is 6.92 Å². The molecule has 0 aliphatic carbocycles. The quantitative estimate of drug-likeness (QED) is 0.900. The standard InChI is InChI=1S/C13H11ClN2O4S/c1-8-2-3-12(11(14)4-8)21(19,20)16-10-5-9(13(17)18)6-15-7-10/h2-7,16H,1H3,(H,17,18). The van der Waals surface area contributed by atoms with Crippen molar-refractivity contribution in [3.63, 3.8) is 0 Å². The highest BCUT2D eigenvalue weighted by molar-refractivity contribution is 7.92. The zero-order valence-electron chi connectivity index (χ0n) is 10.9. The Morgan fingerprint density at radius 1 is 1.29 bits per heavy atom. The van der Waals surface area contributed by atoms with Gasteiger partial charge in [0.2, 0.25) is 0 Å². The Morgan fingerprint density at radius 3 is 2.62 bits per heavy atom. The van der Waals surface area contributed by atoms with Crippen LogP contribution in [0.5, 0.6) is 0 Å². The molecular weight excluding hydrogens is 316 g/mol. The van der Waals surface area contributed by atoms with Crippen molar-refractivity contribution in [1.82, 2.24) is 4.98 Å². The zero-order valence-corrected chi connectivity index (χ0v) is 12.4. The molecule has 0 bridgehead atoms. The monoisotopic (exact) mass is 326 g/mol. The lowest BCUT2D eigenvalue weighted by Crippen LogP contribution is -2.14. The van der Waals surface area contributed by atoms with E-state index >= 15 is 0 Å². The molecule has 2 aromatic rings. The van der Waals surface area contributed by atoms with Crippen LogP contribution in [0.4, 0.5) is 5.69 Å². The number of pyridine rings is 1. The Hall–Kier alpha value is -2.12. The van der Waals surface area contributed by atoms with Gasteiger partial charge in [0.05, 0.1) is 22.5 Å². The Balaban J connectivity index is 2.37. The Labute approximate surface area is 126 Å². The number of hydrogen-bond donors (Lipinski definition) is 2. The summed E-state index contributed by atoms with van der Waals surface area (Å²) in [5, 5.41) is 8.95. The number of benzene rings is 1. The van der Waals surface area contributed by atoms with Crippen molar-refractivity contribution in [2.75, 3.05) is 4.72 Å². The van der Waals surface area contributed by atoms with Crippen molar-refractivity contribution in [3.8, 4) is 0 Å². The van der Waals surface area contributed by atoms with E-state index in [0.717, 1.165) is 11.8 Å². The van der Waals surface area contributed by atoms with Gasteiger partial charge in [-0.15, -0.1) is 0 Å². The summed E-state index contributed by atoms with van der Waals surface area (Å²) in [4.78, 5) is 14.4. The highest BCUT2D eigenvalue weighted by Crippen LogP contribution is 2.24. The van der Waals surface area contributed by atoms with Gasteiger partial charge in [0.25, 0.3) is 10.0 Å². The van der Waals surface area contributed by atoms with Crippen LogP contribution in [-0.2, 0) is 10.0 Å². The van der Waals surface area contributed by atoms with Crippen molar-refractivity contribution in [1.29, 1.82) is 0 Å². The van der Waals surface area contributed by atoms with Crippen LogP contribution in [0.15, 0.2) is 41.6 Å². The molecule has 1 aromatic heterocycles. The second-order valence-electron chi connectivity index (χ2n) is 4.31. The van der Waals surface area contributed by atoms with E-state index in [-0.39, 0.29) is 21.2 Å². The molecule has 0 amide bonds. The second-order valence-corrected chi connectivity index (χ2v) is 6.36.